The van der Waals surface area contributed by atoms with Gasteiger partial charge in [0.25, 0.3) is 5.91 Å². The van der Waals surface area contributed by atoms with Gasteiger partial charge >= 0.3 is 0 Å². The standard InChI is InChI=1S/C18H18N4O2S/c1-2-9-24-15-6-4-3-5-13(15)10-14(11-19)16(23)20-18-22-21-17(25-18)12-7-8-12/h3-6,10,12H,2,7-9H2,1H3,(H,20,22,23)/b14-10+. The molecular formula is C18H18N4O2S. The van der Waals surface area contributed by atoms with Gasteiger partial charge in [-0.3, -0.25) is 10.1 Å². The fraction of sp³-hybridized carbons (Fsp3) is 0.333. The minimum absolute atomic E-state index is 0.00396. The first-order chi connectivity index (χ1) is 12.2. The van der Waals surface area contributed by atoms with Crippen LogP contribution in [0.1, 0.15) is 42.7 Å². The van der Waals surface area contributed by atoms with E-state index in [0.717, 1.165) is 24.3 Å². The highest BCUT2D eigenvalue weighted by Crippen LogP contribution is 2.42. The van der Waals surface area contributed by atoms with E-state index >= 15 is 0 Å². The summed E-state index contributed by atoms with van der Waals surface area (Å²) in [4.78, 5) is 12.4. The Morgan fingerprint density at radius 3 is 2.96 bits per heavy atom. The maximum atomic E-state index is 12.4. The summed E-state index contributed by atoms with van der Waals surface area (Å²) in [6, 6.07) is 9.27. The average molecular weight is 354 g/mol. The van der Waals surface area contributed by atoms with Crippen molar-refractivity contribution < 1.29 is 9.53 Å². The number of hydrogen-bond acceptors (Lipinski definition) is 6. The van der Waals surface area contributed by atoms with Crippen LogP contribution in [0.5, 0.6) is 5.75 Å². The summed E-state index contributed by atoms with van der Waals surface area (Å²) in [5.74, 6) is 0.639. The number of nitriles is 1. The number of carbonyl (C=O) groups excluding carboxylic acids is 1. The number of hydrogen-bond donors (Lipinski definition) is 1. The van der Waals surface area contributed by atoms with Crippen LogP contribution in [0.15, 0.2) is 29.8 Å². The van der Waals surface area contributed by atoms with Gasteiger partial charge in [0.05, 0.1) is 6.61 Å². The van der Waals surface area contributed by atoms with E-state index in [1.807, 2.05) is 37.3 Å². The zero-order valence-corrected chi connectivity index (χ0v) is 14.7. The number of nitrogens with zero attached hydrogens (tertiary/aromatic N) is 3. The van der Waals surface area contributed by atoms with Gasteiger partial charge in [-0.2, -0.15) is 5.26 Å². The Morgan fingerprint density at radius 1 is 1.44 bits per heavy atom. The first-order valence-corrected chi connectivity index (χ1v) is 9.01. The quantitative estimate of drug-likeness (QED) is 0.604. The van der Waals surface area contributed by atoms with E-state index in [1.165, 1.54) is 17.4 Å². The molecule has 2 aromatic rings. The highest BCUT2D eigenvalue weighted by atomic mass is 32.1. The second kappa shape index (κ2) is 7.90. The maximum Gasteiger partial charge on any atom is 0.268 e. The molecule has 25 heavy (non-hydrogen) atoms. The molecule has 1 aliphatic carbocycles. The predicted molar refractivity (Wildman–Crippen MR) is 96.3 cm³/mol. The molecule has 7 heteroatoms. The maximum absolute atomic E-state index is 12.4. The lowest BCUT2D eigenvalue weighted by molar-refractivity contribution is -0.112. The first kappa shape index (κ1) is 17.1. The summed E-state index contributed by atoms with van der Waals surface area (Å²) in [5.41, 5.74) is 0.689. The number of anilines is 1. The third kappa shape index (κ3) is 4.43. The van der Waals surface area contributed by atoms with Gasteiger partial charge in [-0.15, -0.1) is 10.2 Å². The van der Waals surface area contributed by atoms with Crippen LogP contribution in [0.2, 0.25) is 0 Å². The van der Waals surface area contributed by atoms with E-state index in [-0.39, 0.29) is 5.57 Å². The van der Waals surface area contributed by atoms with Crippen molar-refractivity contribution in [2.75, 3.05) is 11.9 Å². The van der Waals surface area contributed by atoms with Gasteiger partial charge in [-0.25, -0.2) is 0 Å². The van der Waals surface area contributed by atoms with Crippen molar-refractivity contribution >= 4 is 28.5 Å². The Hall–Kier alpha value is -2.72. The van der Waals surface area contributed by atoms with Crippen LogP contribution in [0, 0.1) is 11.3 Å². The van der Waals surface area contributed by atoms with Crippen molar-refractivity contribution in [3.05, 3.63) is 40.4 Å². The zero-order valence-electron chi connectivity index (χ0n) is 13.9. The molecule has 1 N–H and O–H groups in total. The Bertz CT molecular complexity index is 834. The largest absolute Gasteiger partial charge is 0.493 e. The molecular weight excluding hydrogens is 336 g/mol. The van der Waals surface area contributed by atoms with Crippen LogP contribution in [-0.4, -0.2) is 22.7 Å². The summed E-state index contributed by atoms with van der Waals surface area (Å²) in [6.45, 7) is 2.60. The Labute approximate surface area is 150 Å². The van der Waals surface area contributed by atoms with Gasteiger partial charge < -0.3 is 4.74 Å². The van der Waals surface area contributed by atoms with Gasteiger partial charge in [0, 0.05) is 11.5 Å². The second-order valence-electron chi connectivity index (χ2n) is 5.73. The molecule has 1 saturated carbocycles. The molecule has 0 unspecified atom stereocenters. The molecule has 1 aromatic heterocycles. The second-order valence-corrected chi connectivity index (χ2v) is 6.74. The average Bonchev–Trinajstić information content (AvgIpc) is 3.38. The van der Waals surface area contributed by atoms with E-state index < -0.39 is 5.91 Å². The van der Waals surface area contributed by atoms with E-state index in [9.17, 15) is 10.1 Å². The lowest BCUT2D eigenvalue weighted by atomic mass is 10.1. The van der Waals surface area contributed by atoms with Crippen molar-refractivity contribution in [2.45, 2.75) is 32.1 Å². The molecule has 3 rings (SSSR count). The monoisotopic (exact) mass is 354 g/mol. The summed E-state index contributed by atoms with van der Waals surface area (Å²) in [6.07, 6.45) is 4.66. The highest BCUT2D eigenvalue weighted by Gasteiger charge is 2.27. The van der Waals surface area contributed by atoms with Gasteiger partial charge in [0.1, 0.15) is 22.4 Å². The van der Waals surface area contributed by atoms with Crippen molar-refractivity contribution in [3.8, 4) is 11.8 Å². The van der Waals surface area contributed by atoms with E-state index in [4.69, 9.17) is 4.74 Å². The van der Waals surface area contributed by atoms with E-state index in [1.54, 1.807) is 0 Å². The summed E-state index contributed by atoms with van der Waals surface area (Å²) in [5, 5.41) is 21.4. The summed E-state index contributed by atoms with van der Waals surface area (Å²) >= 11 is 1.36. The van der Waals surface area contributed by atoms with Crippen LogP contribution in [0.25, 0.3) is 6.08 Å². The van der Waals surface area contributed by atoms with Gasteiger partial charge in [-0.1, -0.05) is 36.5 Å². The zero-order chi connectivity index (χ0) is 17.6. The Balaban J connectivity index is 1.75. The van der Waals surface area contributed by atoms with Gasteiger partial charge in [0.2, 0.25) is 5.13 Å². The number of carbonyl (C=O) groups is 1. The number of nitrogens with one attached hydrogen (secondary N) is 1. The molecule has 0 atom stereocenters. The summed E-state index contributed by atoms with van der Waals surface area (Å²) < 4.78 is 5.66. The Kier molecular flexibility index (Phi) is 5.41. The lowest BCUT2D eigenvalue weighted by Gasteiger charge is -2.08. The van der Waals surface area contributed by atoms with Crippen LogP contribution in [0.3, 0.4) is 0 Å². The molecule has 1 heterocycles. The number of aromatic nitrogens is 2. The SMILES string of the molecule is CCCOc1ccccc1/C=C(\C#N)C(=O)Nc1nnc(C2CC2)s1. The van der Waals surface area contributed by atoms with Crippen molar-refractivity contribution in [1.29, 1.82) is 5.26 Å². The predicted octanol–water partition coefficient (Wildman–Crippen LogP) is 3.75. The third-order valence-corrected chi connectivity index (χ3v) is 4.63. The van der Waals surface area contributed by atoms with Crippen molar-refractivity contribution in [3.63, 3.8) is 0 Å². The lowest BCUT2D eigenvalue weighted by Crippen LogP contribution is -2.13. The normalized spacial score (nSPS) is 14.0. The fourth-order valence-corrected chi connectivity index (χ4v) is 3.10. The number of para-hydroxylation sites is 1. The van der Waals surface area contributed by atoms with E-state index in [2.05, 4.69) is 15.5 Å². The van der Waals surface area contributed by atoms with Gasteiger partial charge in [0.15, 0.2) is 0 Å². The molecule has 1 fully saturated rings. The van der Waals surface area contributed by atoms with Crippen LogP contribution >= 0.6 is 11.3 Å². The number of amides is 1. The molecule has 0 bridgehead atoms. The third-order valence-electron chi connectivity index (χ3n) is 3.63. The molecule has 1 aliphatic rings. The number of ether oxygens (including phenoxy) is 1. The number of benzene rings is 1. The molecule has 128 valence electrons. The van der Waals surface area contributed by atoms with Gasteiger partial charge in [-0.05, 0) is 31.4 Å². The van der Waals surface area contributed by atoms with Crippen molar-refractivity contribution in [2.24, 2.45) is 0 Å². The molecule has 1 aromatic carbocycles. The van der Waals surface area contributed by atoms with E-state index in [0.29, 0.717) is 29.0 Å². The highest BCUT2D eigenvalue weighted by molar-refractivity contribution is 7.15. The molecule has 0 aliphatic heterocycles. The van der Waals surface area contributed by atoms with Crippen LogP contribution < -0.4 is 10.1 Å². The first-order valence-electron chi connectivity index (χ1n) is 8.19. The number of rotatable bonds is 7. The molecule has 0 radical (unpaired) electrons. The Morgan fingerprint density at radius 2 is 2.24 bits per heavy atom. The smallest absolute Gasteiger partial charge is 0.268 e. The van der Waals surface area contributed by atoms with Crippen molar-refractivity contribution in [1.82, 2.24) is 10.2 Å². The summed E-state index contributed by atoms with van der Waals surface area (Å²) in [7, 11) is 0. The molecule has 0 saturated heterocycles. The fourth-order valence-electron chi connectivity index (χ4n) is 2.19. The molecule has 1 amide bonds. The minimum Gasteiger partial charge on any atom is -0.493 e. The topological polar surface area (TPSA) is 87.9 Å². The molecule has 6 nitrogen and oxygen atoms in total. The molecule has 0 spiro atoms. The van der Waals surface area contributed by atoms with Crippen LogP contribution in [-0.2, 0) is 4.79 Å². The minimum atomic E-state index is -0.494. The van der Waals surface area contributed by atoms with Crippen LogP contribution in [0.4, 0.5) is 5.13 Å².